The number of nitrogens with zero attached hydrogens (tertiary/aromatic N) is 1. The van der Waals surface area contributed by atoms with E-state index in [0.29, 0.717) is 31.9 Å². The van der Waals surface area contributed by atoms with E-state index in [1.165, 1.54) is 0 Å². The highest BCUT2D eigenvalue weighted by molar-refractivity contribution is 5.95. The third-order valence-electron chi connectivity index (χ3n) is 4.41. The molecule has 3 rings (SSSR count). The minimum atomic E-state index is -1.00. The summed E-state index contributed by atoms with van der Waals surface area (Å²) in [6.07, 6.45) is 0.764. The molecule has 0 amide bonds. The van der Waals surface area contributed by atoms with Gasteiger partial charge < -0.3 is 19.1 Å². The van der Waals surface area contributed by atoms with Crippen LogP contribution >= 0.6 is 0 Å². The summed E-state index contributed by atoms with van der Waals surface area (Å²) >= 11 is 0. The third kappa shape index (κ3) is 4.71. The topological polar surface area (TPSA) is 77.8 Å². The molecule has 2 aromatic carbocycles. The fourth-order valence-electron chi connectivity index (χ4n) is 3.11. The summed E-state index contributed by atoms with van der Waals surface area (Å²) in [6.45, 7) is 2.97. The molecule has 0 spiro atoms. The largest absolute Gasteiger partial charge is 0.489 e. The maximum Gasteiger partial charge on any atom is 0.352 e. The Morgan fingerprint density at radius 2 is 1.86 bits per heavy atom. The molecule has 1 heterocycles. The number of aromatic carboxylic acids is 1. The van der Waals surface area contributed by atoms with Gasteiger partial charge in [-0.15, -0.1) is 0 Å². The molecule has 0 aliphatic carbocycles. The van der Waals surface area contributed by atoms with Crippen LogP contribution in [0.2, 0.25) is 0 Å². The van der Waals surface area contributed by atoms with Crippen LogP contribution in [0, 0.1) is 0 Å². The van der Waals surface area contributed by atoms with E-state index in [1.54, 1.807) is 17.6 Å². The van der Waals surface area contributed by atoms with Crippen LogP contribution in [0.25, 0.3) is 10.9 Å². The van der Waals surface area contributed by atoms with E-state index in [4.69, 9.17) is 9.47 Å². The molecule has 28 heavy (non-hydrogen) atoms. The molecule has 0 aliphatic rings. The molecule has 0 radical (unpaired) electrons. The zero-order valence-corrected chi connectivity index (χ0v) is 15.8. The standard InChI is InChI=1S/C22H23NO5/c1-2-27-21(24)9-6-12-23-19-11-10-18(13-17(19)14-20(23)22(25)26)28-15-16-7-4-3-5-8-16/h3-5,7-8,10-11,13-14H,2,6,9,12,15H2,1H3,(H,25,26). The lowest BCUT2D eigenvalue weighted by atomic mass is 10.2. The van der Waals surface area contributed by atoms with E-state index in [0.717, 1.165) is 16.5 Å². The number of carbonyl (C=O) groups excluding carboxylic acids is 1. The summed E-state index contributed by atoms with van der Waals surface area (Å²) in [5.74, 6) is -0.594. The van der Waals surface area contributed by atoms with Crippen LogP contribution < -0.4 is 4.74 Å². The van der Waals surface area contributed by atoms with Crippen molar-refractivity contribution in [2.45, 2.75) is 32.9 Å². The second-order valence-corrected chi connectivity index (χ2v) is 6.39. The number of hydrogen-bond acceptors (Lipinski definition) is 4. The molecule has 0 saturated carbocycles. The number of carboxylic acid groups (broad SMARTS) is 1. The van der Waals surface area contributed by atoms with E-state index in [-0.39, 0.29) is 18.1 Å². The van der Waals surface area contributed by atoms with Gasteiger partial charge in [0.25, 0.3) is 0 Å². The SMILES string of the molecule is CCOC(=O)CCCn1c(C(=O)O)cc2cc(OCc3ccccc3)ccc21. The smallest absolute Gasteiger partial charge is 0.352 e. The first-order chi connectivity index (χ1) is 13.6. The van der Waals surface area contributed by atoms with Gasteiger partial charge in [0, 0.05) is 23.9 Å². The van der Waals surface area contributed by atoms with Crippen LogP contribution in [-0.4, -0.2) is 28.2 Å². The highest BCUT2D eigenvalue weighted by Crippen LogP contribution is 2.26. The molecule has 146 valence electrons. The minimum absolute atomic E-state index is 0.194. The van der Waals surface area contributed by atoms with Gasteiger partial charge in [0.15, 0.2) is 0 Å². The summed E-state index contributed by atoms with van der Waals surface area (Å²) in [5, 5.41) is 10.3. The number of carbonyl (C=O) groups is 2. The Morgan fingerprint density at radius 1 is 1.07 bits per heavy atom. The molecule has 1 aromatic heterocycles. The minimum Gasteiger partial charge on any atom is -0.489 e. The first-order valence-electron chi connectivity index (χ1n) is 9.27. The Hall–Kier alpha value is -3.28. The molecule has 0 unspecified atom stereocenters. The van der Waals surface area contributed by atoms with Crippen molar-refractivity contribution in [2.75, 3.05) is 6.61 Å². The molecule has 0 aliphatic heterocycles. The van der Waals surface area contributed by atoms with Crippen molar-refractivity contribution >= 4 is 22.8 Å². The van der Waals surface area contributed by atoms with Crippen molar-refractivity contribution in [3.8, 4) is 5.75 Å². The lowest BCUT2D eigenvalue weighted by molar-refractivity contribution is -0.143. The fourth-order valence-corrected chi connectivity index (χ4v) is 3.11. The quantitative estimate of drug-likeness (QED) is 0.560. The Kier molecular flexibility index (Phi) is 6.32. The Balaban J connectivity index is 1.76. The van der Waals surface area contributed by atoms with Crippen molar-refractivity contribution in [1.82, 2.24) is 4.57 Å². The molecule has 6 nitrogen and oxygen atoms in total. The van der Waals surface area contributed by atoms with Gasteiger partial charge in [-0.2, -0.15) is 0 Å². The molecule has 0 atom stereocenters. The summed E-state index contributed by atoms with van der Waals surface area (Å²) in [5.41, 5.74) is 2.05. The summed E-state index contributed by atoms with van der Waals surface area (Å²) < 4.78 is 12.5. The second-order valence-electron chi connectivity index (χ2n) is 6.39. The number of hydrogen-bond donors (Lipinski definition) is 1. The first kappa shape index (κ1) is 19.5. The number of carboxylic acids is 1. The van der Waals surface area contributed by atoms with Crippen molar-refractivity contribution in [3.63, 3.8) is 0 Å². The summed E-state index contributed by atoms with van der Waals surface area (Å²) in [7, 11) is 0. The summed E-state index contributed by atoms with van der Waals surface area (Å²) in [4.78, 5) is 23.2. The van der Waals surface area contributed by atoms with E-state index in [1.807, 2.05) is 48.5 Å². The molecule has 6 heteroatoms. The molecule has 0 saturated heterocycles. The first-order valence-corrected chi connectivity index (χ1v) is 9.27. The van der Waals surface area contributed by atoms with Gasteiger partial charge >= 0.3 is 11.9 Å². The van der Waals surface area contributed by atoms with E-state index in [2.05, 4.69) is 0 Å². The van der Waals surface area contributed by atoms with Crippen molar-refractivity contribution < 1.29 is 24.2 Å². The summed E-state index contributed by atoms with van der Waals surface area (Å²) in [6, 6.07) is 17.0. The normalized spacial score (nSPS) is 10.8. The van der Waals surface area contributed by atoms with Crippen LogP contribution in [0.3, 0.4) is 0 Å². The van der Waals surface area contributed by atoms with Crippen LogP contribution in [-0.2, 0) is 22.7 Å². The Bertz CT molecular complexity index is 962. The lowest BCUT2D eigenvalue weighted by Crippen LogP contribution is -2.10. The number of fused-ring (bicyclic) bond motifs is 1. The number of rotatable bonds is 9. The maximum absolute atomic E-state index is 11.6. The average molecular weight is 381 g/mol. The second kappa shape index (κ2) is 9.08. The van der Waals surface area contributed by atoms with Gasteiger partial charge in [-0.3, -0.25) is 4.79 Å². The van der Waals surface area contributed by atoms with Gasteiger partial charge in [0.05, 0.1) is 6.61 Å². The molecule has 0 bridgehead atoms. The van der Waals surface area contributed by atoms with Crippen LogP contribution in [0.5, 0.6) is 5.75 Å². The Labute approximate surface area is 163 Å². The fraction of sp³-hybridized carbons (Fsp3) is 0.273. The van der Waals surface area contributed by atoms with Crippen molar-refractivity contribution in [3.05, 3.63) is 65.9 Å². The molecule has 1 N–H and O–H groups in total. The number of aromatic nitrogens is 1. The molecular weight excluding hydrogens is 358 g/mol. The molecule has 3 aromatic rings. The van der Waals surface area contributed by atoms with Crippen LogP contribution in [0.15, 0.2) is 54.6 Å². The number of benzene rings is 2. The number of aryl methyl sites for hydroxylation is 1. The van der Waals surface area contributed by atoms with Gasteiger partial charge in [-0.25, -0.2) is 4.79 Å². The third-order valence-corrected chi connectivity index (χ3v) is 4.41. The lowest BCUT2D eigenvalue weighted by Gasteiger charge is -2.09. The van der Waals surface area contributed by atoms with Crippen molar-refractivity contribution in [2.24, 2.45) is 0 Å². The highest BCUT2D eigenvalue weighted by Gasteiger charge is 2.15. The molecular formula is C22H23NO5. The van der Waals surface area contributed by atoms with E-state index < -0.39 is 5.97 Å². The van der Waals surface area contributed by atoms with Crippen LogP contribution in [0.4, 0.5) is 0 Å². The zero-order chi connectivity index (χ0) is 19.9. The number of esters is 1. The van der Waals surface area contributed by atoms with E-state index >= 15 is 0 Å². The highest BCUT2D eigenvalue weighted by atomic mass is 16.5. The predicted molar refractivity (Wildman–Crippen MR) is 106 cm³/mol. The molecule has 0 fully saturated rings. The van der Waals surface area contributed by atoms with Gasteiger partial charge in [0.2, 0.25) is 0 Å². The van der Waals surface area contributed by atoms with Gasteiger partial charge in [-0.05, 0) is 43.2 Å². The van der Waals surface area contributed by atoms with E-state index in [9.17, 15) is 14.7 Å². The predicted octanol–water partition coefficient (Wildman–Crippen LogP) is 4.26. The zero-order valence-electron chi connectivity index (χ0n) is 15.8. The maximum atomic E-state index is 11.6. The number of ether oxygens (including phenoxy) is 2. The van der Waals surface area contributed by atoms with Crippen molar-refractivity contribution in [1.29, 1.82) is 0 Å². The Morgan fingerprint density at radius 3 is 2.57 bits per heavy atom. The van der Waals surface area contributed by atoms with Crippen LogP contribution in [0.1, 0.15) is 35.8 Å². The monoisotopic (exact) mass is 381 g/mol. The van der Waals surface area contributed by atoms with Gasteiger partial charge in [-0.1, -0.05) is 30.3 Å². The van der Waals surface area contributed by atoms with Gasteiger partial charge in [0.1, 0.15) is 18.1 Å². The average Bonchev–Trinajstić information content (AvgIpc) is 3.06.